The summed E-state index contributed by atoms with van der Waals surface area (Å²) in [5, 5.41) is 2.47. The monoisotopic (exact) mass is 359 g/mol. The number of anilines is 2. The van der Waals surface area contributed by atoms with Gasteiger partial charge in [0.2, 0.25) is 0 Å². The smallest absolute Gasteiger partial charge is 0.322 e. The molecule has 26 heavy (non-hydrogen) atoms. The summed E-state index contributed by atoms with van der Waals surface area (Å²) >= 11 is 0. The summed E-state index contributed by atoms with van der Waals surface area (Å²) in [6.45, 7) is 3.63. The SMILES string of the molecule is CC(=O)c1cccc(N2CCN(C(=O)Nc3ccc(F)cc3F)CC2)c1. The van der Waals surface area contributed by atoms with Crippen molar-refractivity contribution in [1.82, 2.24) is 4.90 Å². The van der Waals surface area contributed by atoms with E-state index in [1.54, 1.807) is 11.0 Å². The minimum absolute atomic E-state index is 0.00573. The molecule has 2 aromatic carbocycles. The van der Waals surface area contributed by atoms with Crippen LogP contribution in [-0.2, 0) is 0 Å². The van der Waals surface area contributed by atoms with Gasteiger partial charge in [-0.1, -0.05) is 12.1 Å². The first-order valence-electron chi connectivity index (χ1n) is 8.31. The second kappa shape index (κ2) is 7.51. The molecule has 136 valence electrons. The third kappa shape index (κ3) is 3.99. The zero-order valence-corrected chi connectivity index (χ0v) is 14.3. The van der Waals surface area contributed by atoms with Crippen molar-refractivity contribution >= 4 is 23.2 Å². The minimum Gasteiger partial charge on any atom is -0.368 e. The van der Waals surface area contributed by atoms with Crippen molar-refractivity contribution in [1.29, 1.82) is 0 Å². The van der Waals surface area contributed by atoms with Crippen LogP contribution in [0.3, 0.4) is 0 Å². The molecule has 3 rings (SSSR count). The summed E-state index contributed by atoms with van der Waals surface area (Å²) in [5.41, 5.74) is 1.53. The average Bonchev–Trinajstić information content (AvgIpc) is 2.64. The second-order valence-electron chi connectivity index (χ2n) is 6.13. The number of ketones is 1. The average molecular weight is 359 g/mol. The van der Waals surface area contributed by atoms with Crippen molar-refractivity contribution in [2.75, 3.05) is 36.4 Å². The molecule has 1 heterocycles. The van der Waals surface area contributed by atoms with Crippen molar-refractivity contribution in [2.45, 2.75) is 6.92 Å². The van der Waals surface area contributed by atoms with Gasteiger partial charge in [0.25, 0.3) is 0 Å². The summed E-state index contributed by atoms with van der Waals surface area (Å²) in [5.74, 6) is -1.49. The Balaban J connectivity index is 1.60. The van der Waals surface area contributed by atoms with E-state index in [9.17, 15) is 18.4 Å². The van der Waals surface area contributed by atoms with Crippen LogP contribution in [0, 0.1) is 11.6 Å². The van der Waals surface area contributed by atoms with Crippen molar-refractivity contribution in [2.24, 2.45) is 0 Å². The highest BCUT2D eigenvalue weighted by Gasteiger charge is 2.22. The number of Topliss-reactive ketones (excluding diaryl/α,β-unsaturated/α-hetero) is 1. The highest BCUT2D eigenvalue weighted by molar-refractivity contribution is 5.95. The number of benzene rings is 2. The summed E-state index contributed by atoms with van der Waals surface area (Å²) in [7, 11) is 0. The molecule has 1 N–H and O–H groups in total. The lowest BCUT2D eigenvalue weighted by molar-refractivity contribution is 0.101. The molecule has 1 saturated heterocycles. The lowest BCUT2D eigenvalue weighted by Crippen LogP contribution is -2.50. The van der Waals surface area contributed by atoms with E-state index in [2.05, 4.69) is 10.2 Å². The molecule has 2 amide bonds. The number of piperazine rings is 1. The zero-order chi connectivity index (χ0) is 18.7. The van der Waals surface area contributed by atoms with Crippen molar-refractivity contribution in [3.05, 3.63) is 59.7 Å². The third-order valence-corrected chi connectivity index (χ3v) is 4.36. The highest BCUT2D eigenvalue weighted by atomic mass is 19.1. The maximum Gasteiger partial charge on any atom is 0.322 e. The Morgan fingerprint density at radius 1 is 1.00 bits per heavy atom. The van der Waals surface area contributed by atoms with Gasteiger partial charge in [-0.25, -0.2) is 13.6 Å². The predicted molar refractivity (Wildman–Crippen MR) is 95.6 cm³/mol. The quantitative estimate of drug-likeness (QED) is 0.853. The normalized spacial score (nSPS) is 14.3. The second-order valence-corrected chi connectivity index (χ2v) is 6.13. The van der Waals surface area contributed by atoms with E-state index < -0.39 is 17.7 Å². The van der Waals surface area contributed by atoms with Crippen LogP contribution in [0.5, 0.6) is 0 Å². The van der Waals surface area contributed by atoms with Crippen molar-refractivity contribution in [3.8, 4) is 0 Å². The largest absolute Gasteiger partial charge is 0.368 e. The molecule has 7 heteroatoms. The lowest BCUT2D eigenvalue weighted by atomic mass is 10.1. The van der Waals surface area contributed by atoms with Crippen molar-refractivity contribution in [3.63, 3.8) is 0 Å². The molecule has 0 aromatic heterocycles. The first-order chi connectivity index (χ1) is 12.4. The fraction of sp³-hybridized carbons (Fsp3) is 0.263. The number of amides is 2. The maximum absolute atomic E-state index is 13.7. The Bertz CT molecular complexity index is 833. The van der Waals surface area contributed by atoms with Gasteiger partial charge in [0.1, 0.15) is 11.6 Å². The molecule has 0 aliphatic carbocycles. The molecular formula is C19H19F2N3O2. The molecule has 0 radical (unpaired) electrons. The Hall–Kier alpha value is -2.96. The van der Waals surface area contributed by atoms with E-state index in [4.69, 9.17) is 0 Å². The van der Waals surface area contributed by atoms with Gasteiger partial charge in [-0.3, -0.25) is 4.79 Å². The Morgan fingerprint density at radius 2 is 1.73 bits per heavy atom. The summed E-state index contributed by atoms with van der Waals surface area (Å²) in [4.78, 5) is 27.5. The molecule has 0 spiro atoms. The van der Waals surface area contributed by atoms with E-state index in [-0.39, 0.29) is 11.5 Å². The van der Waals surface area contributed by atoms with Crippen LogP contribution in [0.25, 0.3) is 0 Å². The number of nitrogens with one attached hydrogen (secondary N) is 1. The molecule has 0 unspecified atom stereocenters. The van der Waals surface area contributed by atoms with E-state index >= 15 is 0 Å². The summed E-state index contributed by atoms with van der Waals surface area (Å²) in [6.07, 6.45) is 0. The minimum atomic E-state index is -0.807. The summed E-state index contributed by atoms with van der Waals surface area (Å²) in [6, 6.07) is 9.98. The number of halogens is 2. The first kappa shape index (κ1) is 17.8. The van der Waals surface area contributed by atoms with Crippen LogP contribution in [0.1, 0.15) is 17.3 Å². The van der Waals surface area contributed by atoms with Crippen LogP contribution in [-0.4, -0.2) is 42.9 Å². The van der Waals surface area contributed by atoms with E-state index in [0.717, 1.165) is 17.8 Å². The number of carbonyl (C=O) groups excluding carboxylic acids is 2. The number of rotatable bonds is 3. The molecule has 1 aliphatic heterocycles. The van der Waals surface area contributed by atoms with Crippen LogP contribution < -0.4 is 10.2 Å². The molecule has 1 fully saturated rings. The number of carbonyl (C=O) groups is 2. The lowest BCUT2D eigenvalue weighted by Gasteiger charge is -2.36. The van der Waals surface area contributed by atoms with Crippen molar-refractivity contribution < 1.29 is 18.4 Å². The Labute approximate surface area is 150 Å². The maximum atomic E-state index is 13.7. The Morgan fingerprint density at radius 3 is 2.38 bits per heavy atom. The molecule has 1 aliphatic rings. The fourth-order valence-electron chi connectivity index (χ4n) is 2.87. The molecule has 5 nitrogen and oxygen atoms in total. The van der Waals surface area contributed by atoms with E-state index in [0.29, 0.717) is 31.7 Å². The number of hydrogen-bond acceptors (Lipinski definition) is 3. The first-order valence-corrected chi connectivity index (χ1v) is 8.31. The van der Waals surface area contributed by atoms with Crippen LogP contribution in [0.4, 0.5) is 25.0 Å². The van der Waals surface area contributed by atoms with Crippen LogP contribution in [0.15, 0.2) is 42.5 Å². The molecule has 0 bridgehead atoms. The third-order valence-electron chi connectivity index (χ3n) is 4.36. The standard InChI is InChI=1S/C19H19F2N3O2/c1-13(25)14-3-2-4-16(11-14)23-7-9-24(10-8-23)19(26)22-18-6-5-15(20)12-17(18)21/h2-6,11-12H,7-10H2,1H3,(H,22,26). The van der Waals surface area contributed by atoms with Gasteiger partial charge in [-0.2, -0.15) is 0 Å². The summed E-state index contributed by atoms with van der Waals surface area (Å²) < 4.78 is 26.6. The van der Waals surface area contributed by atoms with E-state index in [1.165, 1.54) is 13.0 Å². The molecular weight excluding hydrogens is 340 g/mol. The number of hydrogen-bond donors (Lipinski definition) is 1. The number of nitrogens with zero attached hydrogens (tertiary/aromatic N) is 2. The predicted octanol–water partition coefficient (Wildman–Crippen LogP) is 3.52. The van der Waals surface area contributed by atoms with Crippen LogP contribution in [0.2, 0.25) is 0 Å². The molecule has 0 atom stereocenters. The van der Waals surface area contributed by atoms with Gasteiger partial charge in [-0.15, -0.1) is 0 Å². The van der Waals surface area contributed by atoms with Gasteiger partial charge < -0.3 is 15.1 Å². The highest BCUT2D eigenvalue weighted by Crippen LogP contribution is 2.20. The number of urea groups is 1. The fourth-order valence-corrected chi connectivity index (χ4v) is 2.87. The van der Waals surface area contributed by atoms with Gasteiger partial charge in [0.05, 0.1) is 5.69 Å². The zero-order valence-electron chi connectivity index (χ0n) is 14.3. The molecule has 2 aromatic rings. The van der Waals surface area contributed by atoms with Gasteiger partial charge in [0.15, 0.2) is 5.78 Å². The topological polar surface area (TPSA) is 52.7 Å². The van der Waals surface area contributed by atoms with Gasteiger partial charge in [0, 0.05) is 43.5 Å². The Kier molecular flexibility index (Phi) is 5.16. The van der Waals surface area contributed by atoms with Gasteiger partial charge in [-0.05, 0) is 31.2 Å². The van der Waals surface area contributed by atoms with Gasteiger partial charge >= 0.3 is 6.03 Å². The van der Waals surface area contributed by atoms with E-state index in [1.807, 2.05) is 18.2 Å². The van der Waals surface area contributed by atoms with Crippen LogP contribution >= 0.6 is 0 Å². The molecule has 0 saturated carbocycles.